The van der Waals surface area contributed by atoms with Crippen LogP contribution in [0.15, 0.2) is 18.2 Å². The lowest BCUT2D eigenvalue weighted by Gasteiger charge is -2.11. The molecule has 2 amide bonds. The summed E-state index contributed by atoms with van der Waals surface area (Å²) in [6, 6.07) is 3.85. The molecule has 20 heavy (non-hydrogen) atoms. The SMILES string of the molecule is CNC(=O)C(C)NC(=O)c1sc2cccc(F)c2c1N. The zero-order valence-corrected chi connectivity index (χ0v) is 11.8. The second-order valence-electron chi connectivity index (χ2n) is 4.27. The van der Waals surface area contributed by atoms with Crippen molar-refractivity contribution in [3.05, 3.63) is 28.9 Å². The van der Waals surface area contributed by atoms with E-state index in [1.54, 1.807) is 19.1 Å². The van der Waals surface area contributed by atoms with E-state index in [2.05, 4.69) is 10.6 Å². The Bertz CT molecular complexity index is 684. The van der Waals surface area contributed by atoms with E-state index in [9.17, 15) is 14.0 Å². The lowest BCUT2D eigenvalue weighted by atomic mass is 10.2. The lowest BCUT2D eigenvalue weighted by Crippen LogP contribution is -2.43. The van der Waals surface area contributed by atoms with Gasteiger partial charge < -0.3 is 16.4 Å². The van der Waals surface area contributed by atoms with Crippen molar-refractivity contribution in [2.75, 3.05) is 12.8 Å². The number of carbonyl (C=O) groups excluding carboxylic acids is 2. The number of hydrogen-bond donors (Lipinski definition) is 3. The molecule has 1 unspecified atom stereocenters. The number of nitrogen functional groups attached to an aromatic ring is 1. The van der Waals surface area contributed by atoms with Gasteiger partial charge in [-0.1, -0.05) is 6.07 Å². The third-order valence-electron chi connectivity index (χ3n) is 2.89. The van der Waals surface area contributed by atoms with Gasteiger partial charge in [-0.15, -0.1) is 11.3 Å². The number of fused-ring (bicyclic) bond motifs is 1. The third kappa shape index (κ3) is 2.44. The minimum absolute atomic E-state index is 0.102. The van der Waals surface area contributed by atoms with Crippen LogP contribution >= 0.6 is 11.3 Å². The first-order valence-corrected chi connectivity index (χ1v) is 6.76. The summed E-state index contributed by atoms with van der Waals surface area (Å²) in [5.74, 6) is -1.27. The van der Waals surface area contributed by atoms with Gasteiger partial charge in [0, 0.05) is 11.7 Å². The van der Waals surface area contributed by atoms with Gasteiger partial charge in [-0.25, -0.2) is 4.39 Å². The molecule has 2 rings (SSSR count). The van der Waals surface area contributed by atoms with E-state index in [0.29, 0.717) is 4.70 Å². The molecule has 0 fully saturated rings. The van der Waals surface area contributed by atoms with Gasteiger partial charge in [-0.05, 0) is 19.1 Å². The highest BCUT2D eigenvalue weighted by Crippen LogP contribution is 2.35. The van der Waals surface area contributed by atoms with Crippen molar-refractivity contribution in [2.24, 2.45) is 0 Å². The number of nitrogens with one attached hydrogen (secondary N) is 2. The van der Waals surface area contributed by atoms with Crippen LogP contribution in [0.4, 0.5) is 10.1 Å². The fourth-order valence-corrected chi connectivity index (χ4v) is 2.88. The maximum Gasteiger partial charge on any atom is 0.264 e. The smallest absolute Gasteiger partial charge is 0.264 e. The molecule has 0 spiro atoms. The summed E-state index contributed by atoms with van der Waals surface area (Å²) >= 11 is 1.10. The number of amides is 2. The Morgan fingerprint density at radius 3 is 2.70 bits per heavy atom. The van der Waals surface area contributed by atoms with Crippen LogP contribution in [0.2, 0.25) is 0 Å². The summed E-state index contributed by atoms with van der Waals surface area (Å²) in [6.45, 7) is 1.56. The van der Waals surface area contributed by atoms with Crippen LogP contribution < -0.4 is 16.4 Å². The Morgan fingerprint density at radius 1 is 1.40 bits per heavy atom. The molecule has 4 N–H and O–H groups in total. The highest BCUT2D eigenvalue weighted by atomic mass is 32.1. The predicted octanol–water partition coefficient (Wildman–Crippen LogP) is 1.49. The Kier molecular flexibility index (Phi) is 3.89. The van der Waals surface area contributed by atoms with Gasteiger partial charge >= 0.3 is 0 Å². The second kappa shape index (κ2) is 5.46. The second-order valence-corrected chi connectivity index (χ2v) is 5.32. The molecule has 106 valence electrons. The Labute approximate surface area is 119 Å². The number of nitrogens with two attached hydrogens (primary N) is 1. The molecular weight excluding hydrogens is 281 g/mol. The first-order chi connectivity index (χ1) is 9.45. The molecular formula is C13H14FN3O2S. The normalized spacial score (nSPS) is 12.2. The summed E-state index contributed by atoms with van der Waals surface area (Å²) in [6.07, 6.45) is 0. The monoisotopic (exact) mass is 295 g/mol. The quantitative estimate of drug-likeness (QED) is 0.802. The molecule has 0 bridgehead atoms. The van der Waals surface area contributed by atoms with Crippen molar-refractivity contribution in [1.29, 1.82) is 0 Å². The molecule has 1 aromatic heterocycles. The topological polar surface area (TPSA) is 84.2 Å². The number of hydrogen-bond acceptors (Lipinski definition) is 4. The molecule has 5 nitrogen and oxygen atoms in total. The molecule has 0 saturated carbocycles. The Balaban J connectivity index is 2.34. The maximum atomic E-state index is 13.7. The van der Waals surface area contributed by atoms with Gasteiger partial charge in [0.2, 0.25) is 5.91 Å². The Morgan fingerprint density at radius 2 is 2.10 bits per heavy atom. The van der Waals surface area contributed by atoms with Crippen molar-refractivity contribution in [1.82, 2.24) is 10.6 Å². The largest absolute Gasteiger partial charge is 0.397 e. The average Bonchev–Trinajstić information content (AvgIpc) is 2.76. The van der Waals surface area contributed by atoms with Crippen molar-refractivity contribution >= 4 is 38.9 Å². The molecule has 1 heterocycles. The average molecular weight is 295 g/mol. The number of likely N-dealkylation sites (N-methyl/N-ethyl adjacent to an activating group) is 1. The molecule has 0 aliphatic heterocycles. The molecule has 7 heteroatoms. The van der Waals surface area contributed by atoms with Gasteiger partial charge in [0.05, 0.1) is 11.1 Å². The summed E-state index contributed by atoms with van der Waals surface area (Å²) in [5, 5.41) is 5.20. The molecule has 1 atom stereocenters. The summed E-state index contributed by atoms with van der Waals surface area (Å²) < 4.78 is 14.3. The minimum atomic E-state index is -0.693. The van der Waals surface area contributed by atoms with Gasteiger partial charge in [-0.3, -0.25) is 9.59 Å². The van der Waals surface area contributed by atoms with Crippen LogP contribution in [0.25, 0.3) is 10.1 Å². The first kappa shape index (κ1) is 14.3. The summed E-state index contributed by atoms with van der Waals surface area (Å²) in [7, 11) is 1.48. The standard InChI is InChI=1S/C13H14FN3O2S/c1-6(12(18)16-2)17-13(19)11-10(15)9-7(14)4-3-5-8(9)20-11/h3-6H,15H2,1-2H3,(H,16,18)(H,17,19). The summed E-state index contributed by atoms with van der Waals surface area (Å²) in [5.41, 5.74) is 5.94. The van der Waals surface area contributed by atoms with E-state index in [1.165, 1.54) is 13.1 Å². The van der Waals surface area contributed by atoms with Crippen LogP contribution in [-0.4, -0.2) is 24.9 Å². The van der Waals surface area contributed by atoms with E-state index in [-0.39, 0.29) is 21.9 Å². The van der Waals surface area contributed by atoms with E-state index < -0.39 is 17.8 Å². The highest BCUT2D eigenvalue weighted by Gasteiger charge is 2.21. The molecule has 2 aromatic rings. The lowest BCUT2D eigenvalue weighted by molar-refractivity contribution is -0.122. The third-order valence-corrected chi connectivity index (χ3v) is 4.06. The van der Waals surface area contributed by atoms with Crippen molar-refractivity contribution in [3.8, 4) is 0 Å². The van der Waals surface area contributed by atoms with Crippen molar-refractivity contribution < 1.29 is 14.0 Å². The van der Waals surface area contributed by atoms with Crippen molar-refractivity contribution in [3.63, 3.8) is 0 Å². The molecule has 0 aliphatic rings. The Hall–Kier alpha value is -2.15. The molecule has 0 saturated heterocycles. The molecule has 0 aliphatic carbocycles. The van der Waals surface area contributed by atoms with Crippen LogP contribution in [0, 0.1) is 5.82 Å². The zero-order chi connectivity index (χ0) is 14.9. The van der Waals surface area contributed by atoms with Crippen LogP contribution in [0.1, 0.15) is 16.6 Å². The fraction of sp³-hybridized carbons (Fsp3) is 0.231. The first-order valence-electron chi connectivity index (χ1n) is 5.94. The predicted molar refractivity (Wildman–Crippen MR) is 77.2 cm³/mol. The van der Waals surface area contributed by atoms with E-state index in [4.69, 9.17) is 5.73 Å². The minimum Gasteiger partial charge on any atom is -0.397 e. The molecule has 1 aromatic carbocycles. The zero-order valence-electron chi connectivity index (χ0n) is 11.0. The number of rotatable bonds is 3. The number of thiophene rings is 1. The van der Waals surface area contributed by atoms with E-state index in [0.717, 1.165) is 11.3 Å². The number of anilines is 1. The van der Waals surface area contributed by atoms with Crippen LogP contribution in [0.3, 0.4) is 0 Å². The van der Waals surface area contributed by atoms with Gasteiger partial charge in [0.25, 0.3) is 5.91 Å². The van der Waals surface area contributed by atoms with Gasteiger partial charge in [0.15, 0.2) is 0 Å². The van der Waals surface area contributed by atoms with E-state index >= 15 is 0 Å². The number of benzene rings is 1. The fourth-order valence-electron chi connectivity index (χ4n) is 1.84. The van der Waals surface area contributed by atoms with Crippen molar-refractivity contribution in [2.45, 2.75) is 13.0 Å². The van der Waals surface area contributed by atoms with Crippen LogP contribution in [0.5, 0.6) is 0 Å². The molecule has 0 radical (unpaired) electrons. The summed E-state index contributed by atoms with van der Waals surface area (Å²) in [4.78, 5) is 23.7. The van der Waals surface area contributed by atoms with Crippen LogP contribution in [-0.2, 0) is 4.79 Å². The number of halogens is 1. The van der Waals surface area contributed by atoms with Gasteiger partial charge in [-0.2, -0.15) is 0 Å². The maximum absolute atomic E-state index is 13.7. The van der Waals surface area contributed by atoms with E-state index in [1.807, 2.05) is 0 Å². The highest BCUT2D eigenvalue weighted by molar-refractivity contribution is 7.21. The number of carbonyl (C=O) groups is 2. The van der Waals surface area contributed by atoms with Gasteiger partial charge in [0.1, 0.15) is 16.7 Å².